The SMILES string of the molecule is O=C(COC(=O)CSc1ccccc1)NCCc1ccc2c(c1)OCCO2. The molecule has 0 fully saturated rings. The van der Waals surface area contributed by atoms with Crippen molar-refractivity contribution < 1.29 is 23.8 Å². The number of thioether (sulfide) groups is 1. The molecule has 0 saturated heterocycles. The molecule has 0 aliphatic carbocycles. The number of nitrogens with one attached hydrogen (secondary N) is 1. The van der Waals surface area contributed by atoms with Crippen LogP contribution >= 0.6 is 11.8 Å². The summed E-state index contributed by atoms with van der Waals surface area (Å²) in [4.78, 5) is 24.5. The van der Waals surface area contributed by atoms with Crippen molar-refractivity contribution in [1.29, 1.82) is 0 Å². The summed E-state index contributed by atoms with van der Waals surface area (Å²) in [5.41, 5.74) is 1.04. The van der Waals surface area contributed by atoms with Gasteiger partial charge in [-0.25, -0.2) is 0 Å². The lowest BCUT2D eigenvalue weighted by molar-refractivity contribution is -0.145. The first-order chi connectivity index (χ1) is 13.2. The van der Waals surface area contributed by atoms with E-state index in [0.717, 1.165) is 22.0 Å². The minimum Gasteiger partial charge on any atom is -0.486 e. The van der Waals surface area contributed by atoms with Crippen molar-refractivity contribution in [2.75, 3.05) is 32.1 Å². The number of carbonyl (C=O) groups excluding carboxylic acids is 2. The molecular formula is C20H21NO5S. The lowest BCUT2D eigenvalue weighted by Gasteiger charge is -2.18. The Morgan fingerprint density at radius 3 is 2.63 bits per heavy atom. The second-order valence-electron chi connectivity index (χ2n) is 5.84. The fraction of sp³-hybridized carbons (Fsp3) is 0.300. The van der Waals surface area contributed by atoms with Crippen molar-refractivity contribution >= 4 is 23.6 Å². The van der Waals surface area contributed by atoms with Crippen LogP contribution in [0.5, 0.6) is 11.5 Å². The van der Waals surface area contributed by atoms with Gasteiger partial charge < -0.3 is 19.5 Å². The summed E-state index contributed by atoms with van der Waals surface area (Å²) >= 11 is 1.38. The number of rotatable bonds is 8. The monoisotopic (exact) mass is 387 g/mol. The fourth-order valence-electron chi connectivity index (χ4n) is 2.49. The topological polar surface area (TPSA) is 73.9 Å². The Labute approximate surface area is 162 Å². The second-order valence-corrected chi connectivity index (χ2v) is 6.89. The molecule has 1 aliphatic heterocycles. The molecule has 0 saturated carbocycles. The van der Waals surface area contributed by atoms with Gasteiger partial charge >= 0.3 is 5.97 Å². The molecule has 0 radical (unpaired) electrons. The molecule has 0 unspecified atom stereocenters. The Kier molecular flexibility index (Phi) is 6.98. The van der Waals surface area contributed by atoms with Gasteiger partial charge in [-0.1, -0.05) is 24.3 Å². The third kappa shape index (κ3) is 6.21. The largest absolute Gasteiger partial charge is 0.486 e. The summed E-state index contributed by atoms with van der Waals surface area (Å²) in [5.74, 6) is 0.926. The van der Waals surface area contributed by atoms with Gasteiger partial charge in [-0.05, 0) is 36.2 Å². The maximum Gasteiger partial charge on any atom is 0.316 e. The highest BCUT2D eigenvalue weighted by molar-refractivity contribution is 8.00. The van der Waals surface area contributed by atoms with Crippen LogP contribution in [-0.4, -0.2) is 44.0 Å². The van der Waals surface area contributed by atoms with E-state index in [4.69, 9.17) is 14.2 Å². The van der Waals surface area contributed by atoms with Crippen molar-refractivity contribution in [3.63, 3.8) is 0 Å². The Morgan fingerprint density at radius 2 is 1.81 bits per heavy atom. The molecule has 0 atom stereocenters. The van der Waals surface area contributed by atoms with Gasteiger partial charge in [-0.2, -0.15) is 0 Å². The van der Waals surface area contributed by atoms with Gasteiger partial charge in [0.15, 0.2) is 18.1 Å². The van der Waals surface area contributed by atoms with Crippen LogP contribution in [0.25, 0.3) is 0 Å². The highest BCUT2D eigenvalue weighted by atomic mass is 32.2. The van der Waals surface area contributed by atoms with Crippen LogP contribution < -0.4 is 14.8 Å². The maximum absolute atomic E-state index is 11.8. The minimum atomic E-state index is -0.411. The number of hydrogen-bond donors (Lipinski definition) is 1. The highest BCUT2D eigenvalue weighted by Gasteiger charge is 2.12. The number of ether oxygens (including phenoxy) is 3. The number of fused-ring (bicyclic) bond motifs is 1. The molecule has 1 amide bonds. The molecular weight excluding hydrogens is 366 g/mol. The molecule has 142 valence electrons. The van der Waals surface area contributed by atoms with E-state index in [9.17, 15) is 9.59 Å². The molecule has 27 heavy (non-hydrogen) atoms. The van der Waals surface area contributed by atoms with Gasteiger partial charge in [0.1, 0.15) is 13.2 Å². The summed E-state index contributed by atoms with van der Waals surface area (Å²) in [6, 6.07) is 15.3. The fourth-order valence-corrected chi connectivity index (χ4v) is 3.20. The average molecular weight is 387 g/mol. The summed E-state index contributed by atoms with van der Waals surface area (Å²) in [6.07, 6.45) is 0.653. The first-order valence-electron chi connectivity index (χ1n) is 8.69. The molecule has 6 nitrogen and oxygen atoms in total. The zero-order valence-corrected chi connectivity index (χ0v) is 15.6. The maximum atomic E-state index is 11.8. The van der Waals surface area contributed by atoms with E-state index in [1.165, 1.54) is 11.8 Å². The van der Waals surface area contributed by atoms with E-state index < -0.39 is 5.97 Å². The first-order valence-corrected chi connectivity index (χ1v) is 9.68. The van der Waals surface area contributed by atoms with Crippen LogP contribution in [0.2, 0.25) is 0 Å². The summed E-state index contributed by atoms with van der Waals surface area (Å²) in [5, 5.41) is 2.75. The van der Waals surface area contributed by atoms with Gasteiger partial charge in [0.05, 0.1) is 5.75 Å². The zero-order valence-electron chi connectivity index (χ0n) is 14.8. The van der Waals surface area contributed by atoms with Gasteiger partial charge in [0.25, 0.3) is 5.91 Å². The normalized spacial score (nSPS) is 12.3. The Bertz CT molecular complexity index is 781. The van der Waals surface area contributed by atoms with Crippen LogP contribution in [0.15, 0.2) is 53.4 Å². The van der Waals surface area contributed by atoms with Crippen LogP contribution in [0.3, 0.4) is 0 Å². The highest BCUT2D eigenvalue weighted by Crippen LogP contribution is 2.30. The smallest absolute Gasteiger partial charge is 0.316 e. The predicted octanol–water partition coefficient (Wildman–Crippen LogP) is 2.45. The van der Waals surface area contributed by atoms with Crippen molar-refractivity contribution in [3.05, 3.63) is 54.1 Å². The summed E-state index contributed by atoms with van der Waals surface area (Å²) < 4.78 is 16.0. The van der Waals surface area contributed by atoms with Crippen molar-refractivity contribution in [2.24, 2.45) is 0 Å². The average Bonchev–Trinajstić information content (AvgIpc) is 2.71. The first kappa shape index (κ1) is 19.1. The van der Waals surface area contributed by atoms with Gasteiger partial charge in [0.2, 0.25) is 0 Å². The molecule has 2 aromatic rings. The van der Waals surface area contributed by atoms with Gasteiger partial charge in [0, 0.05) is 11.4 Å². The van der Waals surface area contributed by atoms with E-state index in [-0.39, 0.29) is 18.3 Å². The molecule has 0 spiro atoms. The molecule has 0 bridgehead atoms. The molecule has 1 N–H and O–H groups in total. The van der Waals surface area contributed by atoms with Gasteiger partial charge in [-0.15, -0.1) is 11.8 Å². The summed E-state index contributed by atoms with van der Waals surface area (Å²) in [7, 11) is 0. The molecule has 1 aliphatic rings. The number of amides is 1. The second kappa shape index (κ2) is 9.87. The van der Waals surface area contributed by atoms with E-state index in [2.05, 4.69) is 5.32 Å². The lowest BCUT2D eigenvalue weighted by atomic mass is 10.1. The van der Waals surface area contributed by atoms with E-state index in [0.29, 0.717) is 26.2 Å². The number of hydrogen-bond acceptors (Lipinski definition) is 6. The number of esters is 1. The predicted molar refractivity (Wildman–Crippen MR) is 102 cm³/mol. The summed E-state index contributed by atoms with van der Waals surface area (Å²) in [6.45, 7) is 1.29. The van der Waals surface area contributed by atoms with Crippen LogP contribution in [-0.2, 0) is 20.7 Å². The molecule has 3 rings (SSSR count). The van der Waals surface area contributed by atoms with E-state index in [1.54, 1.807) is 0 Å². The van der Waals surface area contributed by atoms with Crippen molar-refractivity contribution in [3.8, 4) is 11.5 Å². The third-order valence-corrected chi connectivity index (χ3v) is 4.79. The molecule has 7 heteroatoms. The standard InChI is InChI=1S/C20H21NO5S/c22-19(13-26-20(23)14-27-16-4-2-1-3-5-16)21-9-8-15-6-7-17-18(12-15)25-11-10-24-17/h1-7,12H,8-11,13-14H2,(H,21,22). The zero-order chi connectivity index (χ0) is 18.9. The molecule has 1 heterocycles. The molecule has 2 aromatic carbocycles. The third-order valence-electron chi connectivity index (χ3n) is 3.81. The minimum absolute atomic E-state index is 0.175. The van der Waals surface area contributed by atoms with Crippen molar-refractivity contribution in [2.45, 2.75) is 11.3 Å². The van der Waals surface area contributed by atoms with E-state index in [1.807, 2.05) is 48.5 Å². The van der Waals surface area contributed by atoms with E-state index >= 15 is 0 Å². The Morgan fingerprint density at radius 1 is 1.04 bits per heavy atom. The number of carbonyl (C=O) groups is 2. The lowest BCUT2D eigenvalue weighted by Crippen LogP contribution is -2.30. The van der Waals surface area contributed by atoms with Crippen LogP contribution in [0.4, 0.5) is 0 Å². The Balaban J connectivity index is 1.32. The number of benzene rings is 2. The van der Waals surface area contributed by atoms with Gasteiger partial charge in [-0.3, -0.25) is 9.59 Å². The van der Waals surface area contributed by atoms with Crippen molar-refractivity contribution in [1.82, 2.24) is 5.32 Å². The Hall–Kier alpha value is -2.67. The van der Waals surface area contributed by atoms with Crippen LogP contribution in [0, 0.1) is 0 Å². The molecule has 0 aromatic heterocycles. The van der Waals surface area contributed by atoms with Crippen LogP contribution in [0.1, 0.15) is 5.56 Å². The quantitative estimate of drug-likeness (QED) is 0.554.